The number of nitrogens with one attached hydrogen (secondary N) is 1. The molecule has 0 bridgehead atoms. The summed E-state index contributed by atoms with van der Waals surface area (Å²) in [6.45, 7) is 7.37. The summed E-state index contributed by atoms with van der Waals surface area (Å²) in [7, 11) is 0. The van der Waals surface area contributed by atoms with Crippen LogP contribution in [0.2, 0.25) is 0 Å². The van der Waals surface area contributed by atoms with E-state index < -0.39 is 34.4 Å². The van der Waals surface area contributed by atoms with Gasteiger partial charge in [0.15, 0.2) is 10.9 Å². The summed E-state index contributed by atoms with van der Waals surface area (Å²) in [5.74, 6) is -1.91. The number of fused-ring (bicyclic) bond motifs is 1. The molecule has 1 amide bonds. The molecule has 2 aromatic carbocycles. The van der Waals surface area contributed by atoms with E-state index in [9.17, 15) is 9.59 Å². The van der Waals surface area contributed by atoms with Crippen LogP contribution in [0.3, 0.4) is 0 Å². The smallest absolute Gasteiger partial charge is 0.336 e. The predicted molar refractivity (Wildman–Crippen MR) is 130 cm³/mol. The topological polar surface area (TPSA) is 62.3 Å². The molecule has 3 aromatic rings. The maximum atomic E-state index is 15.1. The van der Waals surface area contributed by atoms with E-state index >= 15 is 13.2 Å². The number of Topliss-reactive ketones (excluding diaryl/α,β-unsaturated/α-hetero) is 1. The van der Waals surface area contributed by atoms with Gasteiger partial charge in [-0.05, 0) is 61.1 Å². The van der Waals surface area contributed by atoms with E-state index in [0.29, 0.717) is 15.9 Å². The van der Waals surface area contributed by atoms with E-state index in [1.807, 2.05) is 27.7 Å². The van der Waals surface area contributed by atoms with Crippen molar-refractivity contribution in [3.05, 3.63) is 64.9 Å². The Bertz CT molecular complexity index is 1390. The molecule has 0 saturated carbocycles. The van der Waals surface area contributed by atoms with Crippen LogP contribution >= 0.6 is 11.3 Å². The van der Waals surface area contributed by atoms with Crippen LogP contribution in [0.5, 0.6) is 0 Å². The molecule has 182 valence electrons. The van der Waals surface area contributed by atoms with E-state index in [0.717, 1.165) is 27.4 Å². The van der Waals surface area contributed by atoms with Gasteiger partial charge in [-0.25, -0.2) is 4.98 Å². The number of nitrogens with zero attached hydrogens (tertiary/aromatic N) is 2. The highest BCUT2D eigenvalue weighted by Gasteiger charge is 2.71. The van der Waals surface area contributed by atoms with Gasteiger partial charge in [0.2, 0.25) is 5.54 Å². The van der Waals surface area contributed by atoms with Gasteiger partial charge in [-0.3, -0.25) is 14.5 Å². The van der Waals surface area contributed by atoms with Crippen LogP contribution in [0, 0.1) is 19.3 Å². The average Bonchev–Trinajstić information content (AvgIpc) is 3.26. The van der Waals surface area contributed by atoms with Crippen molar-refractivity contribution in [2.75, 3.05) is 10.2 Å². The zero-order valence-electron chi connectivity index (χ0n) is 19.7. The first-order chi connectivity index (χ1) is 16.3. The molecule has 1 N–H and O–H groups in total. The second-order valence-corrected chi connectivity index (χ2v) is 11.1. The van der Waals surface area contributed by atoms with Crippen LogP contribution in [0.1, 0.15) is 37.8 Å². The first kappa shape index (κ1) is 23.5. The van der Waals surface area contributed by atoms with Gasteiger partial charge in [-0.2, -0.15) is 13.2 Å². The highest BCUT2D eigenvalue weighted by molar-refractivity contribution is 7.22. The number of anilines is 2. The van der Waals surface area contributed by atoms with E-state index in [-0.39, 0.29) is 23.7 Å². The van der Waals surface area contributed by atoms with Gasteiger partial charge in [-0.15, -0.1) is 0 Å². The predicted octanol–water partition coefficient (Wildman–Crippen LogP) is 6.32. The molecular formula is C26H24F3N3O2S. The van der Waals surface area contributed by atoms with Gasteiger partial charge >= 0.3 is 6.18 Å². The minimum atomic E-state index is -5.09. The number of hydrogen-bond donors (Lipinski definition) is 1. The normalized spacial score (nSPS) is 22.2. The van der Waals surface area contributed by atoms with Gasteiger partial charge in [0.1, 0.15) is 0 Å². The number of halogens is 3. The molecule has 5 nitrogen and oxygen atoms in total. The van der Waals surface area contributed by atoms with Crippen LogP contribution in [0.15, 0.2) is 53.7 Å². The van der Waals surface area contributed by atoms with E-state index in [1.54, 1.807) is 42.5 Å². The second kappa shape index (κ2) is 7.65. The summed E-state index contributed by atoms with van der Waals surface area (Å²) >= 11 is 1.02. The molecule has 1 atom stereocenters. The molecule has 1 unspecified atom stereocenters. The number of benzene rings is 2. The van der Waals surface area contributed by atoms with Crippen molar-refractivity contribution in [1.29, 1.82) is 0 Å². The molecule has 0 fully saturated rings. The van der Waals surface area contributed by atoms with Gasteiger partial charge < -0.3 is 5.32 Å². The molecule has 0 saturated heterocycles. The third kappa shape index (κ3) is 3.55. The van der Waals surface area contributed by atoms with Crippen LogP contribution < -0.4 is 10.2 Å². The van der Waals surface area contributed by atoms with Crippen molar-refractivity contribution in [3.63, 3.8) is 0 Å². The SMILES string of the molecule is Cc1ccc(N2C(=O)C(Nc3nc4ccccc4s3)(C(F)(F)F)C3=C2CC(C)(C)CC3=O)cc1C. The lowest BCUT2D eigenvalue weighted by atomic mass is 9.72. The molecule has 0 spiro atoms. The second-order valence-electron chi connectivity index (χ2n) is 10.0. The van der Waals surface area contributed by atoms with Gasteiger partial charge in [0.25, 0.3) is 5.91 Å². The van der Waals surface area contributed by atoms with Gasteiger partial charge in [0, 0.05) is 17.8 Å². The number of hydrogen-bond acceptors (Lipinski definition) is 5. The summed E-state index contributed by atoms with van der Waals surface area (Å²) in [5.41, 5.74) is -1.62. The Morgan fingerprint density at radius 2 is 1.74 bits per heavy atom. The monoisotopic (exact) mass is 499 g/mol. The molecule has 9 heteroatoms. The Balaban J connectivity index is 1.75. The average molecular weight is 500 g/mol. The number of aryl methyl sites for hydroxylation is 2. The molecule has 1 aliphatic heterocycles. The maximum absolute atomic E-state index is 15.1. The number of aromatic nitrogens is 1. The summed E-state index contributed by atoms with van der Waals surface area (Å²) in [5, 5.41) is 2.36. The molecule has 0 radical (unpaired) electrons. The number of rotatable bonds is 3. The largest absolute Gasteiger partial charge is 0.425 e. The zero-order chi connectivity index (χ0) is 25.3. The zero-order valence-corrected chi connectivity index (χ0v) is 20.5. The first-order valence-corrected chi connectivity index (χ1v) is 12.0. The molecule has 1 aromatic heterocycles. The first-order valence-electron chi connectivity index (χ1n) is 11.2. The Kier molecular flexibility index (Phi) is 5.14. The lowest BCUT2D eigenvalue weighted by molar-refractivity contribution is -0.175. The fourth-order valence-electron chi connectivity index (χ4n) is 4.98. The fourth-order valence-corrected chi connectivity index (χ4v) is 5.90. The Hall–Kier alpha value is -3.20. The summed E-state index contributed by atoms with van der Waals surface area (Å²) in [6, 6.07) is 12.0. The Morgan fingerprint density at radius 3 is 2.40 bits per heavy atom. The quantitative estimate of drug-likeness (QED) is 0.458. The van der Waals surface area contributed by atoms with E-state index in [1.165, 1.54) is 0 Å². The van der Waals surface area contributed by atoms with Gasteiger partial charge in [-0.1, -0.05) is 43.4 Å². The minimum Gasteiger partial charge on any atom is -0.336 e. The molecule has 1 aliphatic carbocycles. The molecule has 35 heavy (non-hydrogen) atoms. The van der Waals surface area contributed by atoms with E-state index in [4.69, 9.17) is 0 Å². The van der Waals surface area contributed by atoms with Crippen LogP contribution in [-0.4, -0.2) is 28.4 Å². The van der Waals surface area contributed by atoms with Crippen LogP contribution in [0.25, 0.3) is 10.2 Å². The number of ketones is 1. The standard InChI is InChI=1S/C26H24F3N3O2S/c1-14-9-10-16(11-15(14)2)32-18-12-24(3,4)13-19(33)21(18)25(22(32)34,26(27,28)29)31-23-30-17-7-5-6-8-20(17)35-23/h5-11H,12-13H2,1-4H3,(H,30,31). The number of alkyl halides is 3. The molecule has 5 rings (SSSR count). The third-order valence-corrected chi connectivity index (χ3v) is 7.74. The number of para-hydroxylation sites is 1. The summed E-state index contributed by atoms with van der Waals surface area (Å²) < 4.78 is 45.8. The number of amides is 1. The molecule has 2 aliphatic rings. The number of allylic oxidation sites excluding steroid dienone is 1. The lowest BCUT2D eigenvalue weighted by Crippen LogP contribution is -2.61. The fraction of sp³-hybridized carbons (Fsp3) is 0.346. The van der Waals surface area contributed by atoms with Crippen molar-refractivity contribution in [1.82, 2.24) is 4.98 Å². The maximum Gasteiger partial charge on any atom is 0.425 e. The molecule has 2 heterocycles. The number of carbonyl (C=O) groups excluding carboxylic acids is 2. The Labute approximate surface area is 204 Å². The number of thiazole rings is 1. The van der Waals surface area contributed by atoms with Crippen molar-refractivity contribution < 1.29 is 22.8 Å². The molecular weight excluding hydrogens is 475 g/mol. The summed E-state index contributed by atoms with van der Waals surface area (Å²) in [4.78, 5) is 32.7. The lowest BCUT2D eigenvalue weighted by Gasteiger charge is -2.35. The Morgan fingerprint density at radius 1 is 1.03 bits per heavy atom. The van der Waals surface area contributed by atoms with Crippen LogP contribution in [-0.2, 0) is 9.59 Å². The van der Waals surface area contributed by atoms with Crippen molar-refractivity contribution >= 4 is 44.1 Å². The number of carbonyl (C=O) groups is 2. The van der Waals surface area contributed by atoms with Crippen LogP contribution in [0.4, 0.5) is 24.0 Å². The van der Waals surface area contributed by atoms with Gasteiger partial charge in [0.05, 0.1) is 15.8 Å². The minimum absolute atomic E-state index is 0.0664. The van der Waals surface area contributed by atoms with E-state index in [2.05, 4.69) is 10.3 Å². The highest BCUT2D eigenvalue weighted by atomic mass is 32.1. The van der Waals surface area contributed by atoms with Crippen molar-refractivity contribution in [3.8, 4) is 0 Å². The highest BCUT2D eigenvalue weighted by Crippen LogP contribution is 2.54. The van der Waals surface area contributed by atoms with Crippen molar-refractivity contribution in [2.45, 2.75) is 52.3 Å². The summed E-state index contributed by atoms with van der Waals surface area (Å²) in [6.07, 6.45) is -5.01. The van der Waals surface area contributed by atoms with Crippen molar-refractivity contribution in [2.24, 2.45) is 5.41 Å². The third-order valence-electron chi connectivity index (χ3n) is 6.78.